The van der Waals surface area contributed by atoms with E-state index in [0.29, 0.717) is 0 Å². The van der Waals surface area contributed by atoms with Crippen LogP contribution in [0.15, 0.2) is 11.6 Å². The van der Waals surface area contributed by atoms with Crippen LogP contribution in [-0.2, 0) is 14.4 Å². The number of hydrogen-bond donors (Lipinski definition) is 0. The molecule has 0 atom stereocenters. The zero-order valence-electron chi connectivity index (χ0n) is 7.51. The monoisotopic (exact) mass is 168 g/mol. The first-order chi connectivity index (χ1) is 5.43. The molecule has 0 aliphatic heterocycles. The highest BCUT2D eigenvalue weighted by Gasteiger charge is 2.07. The van der Waals surface area contributed by atoms with Gasteiger partial charge in [0.25, 0.3) is 0 Å². The molecule has 0 rings (SSSR count). The van der Waals surface area contributed by atoms with Crippen LogP contribution in [-0.4, -0.2) is 17.3 Å². The molecule has 0 aromatic carbocycles. The van der Waals surface area contributed by atoms with Crippen molar-refractivity contribution in [1.82, 2.24) is 0 Å². The molecule has 0 heterocycles. The van der Waals surface area contributed by atoms with Crippen molar-refractivity contribution < 1.29 is 14.4 Å². The van der Waals surface area contributed by atoms with Crippen LogP contribution in [0.1, 0.15) is 27.2 Å². The third-order valence-corrected chi connectivity index (χ3v) is 1.27. The van der Waals surface area contributed by atoms with Crippen molar-refractivity contribution in [3.63, 3.8) is 0 Å². The Bertz CT molecular complexity index is 248. The molecule has 12 heavy (non-hydrogen) atoms. The summed E-state index contributed by atoms with van der Waals surface area (Å²) in [5.41, 5.74) is 0.287. The molecule has 0 saturated carbocycles. The highest BCUT2D eigenvalue weighted by Crippen LogP contribution is 2.03. The summed E-state index contributed by atoms with van der Waals surface area (Å²) in [4.78, 5) is 32.1. The Kier molecular flexibility index (Phi) is 4.11. The molecule has 0 amide bonds. The summed E-state index contributed by atoms with van der Waals surface area (Å²) in [5, 5.41) is 0. The largest absolute Gasteiger partial charge is 0.300 e. The summed E-state index contributed by atoms with van der Waals surface area (Å²) < 4.78 is 0. The fraction of sp³-hybridized carbons (Fsp3) is 0.444. The summed E-state index contributed by atoms with van der Waals surface area (Å²) in [5.74, 6) is -0.542. The van der Waals surface area contributed by atoms with Crippen LogP contribution in [0.5, 0.6) is 0 Å². The molecule has 0 aliphatic rings. The first-order valence-electron chi connectivity index (χ1n) is 3.65. The summed E-state index contributed by atoms with van der Waals surface area (Å²) in [7, 11) is 0. The first kappa shape index (κ1) is 10.8. The van der Waals surface area contributed by atoms with E-state index in [1.165, 1.54) is 26.8 Å². The van der Waals surface area contributed by atoms with Gasteiger partial charge in [0.2, 0.25) is 0 Å². The SMILES string of the molecule is CC(=O)/C=C(\CC(C)=O)C(C)=O. The molecule has 3 nitrogen and oxygen atoms in total. The zero-order valence-corrected chi connectivity index (χ0v) is 7.51. The quantitative estimate of drug-likeness (QED) is 0.590. The van der Waals surface area contributed by atoms with Crippen LogP contribution >= 0.6 is 0 Å². The number of rotatable bonds is 4. The maximum absolute atomic E-state index is 10.8. The number of hydrogen-bond acceptors (Lipinski definition) is 3. The molecular weight excluding hydrogens is 156 g/mol. The molecule has 0 bridgehead atoms. The Morgan fingerprint density at radius 1 is 1.08 bits per heavy atom. The van der Waals surface area contributed by atoms with E-state index in [9.17, 15) is 14.4 Å². The van der Waals surface area contributed by atoms with Gasteiger partial charge in [-0.25, -0.2) is 0 Å². The van der Waals surface area contributed by atoms with Gasteiger partial charge in [-0.15, -0.1) is 0 Å². The molecule has 0 aliphatic carbocycles. The van der Waals surface area contributed by atoms with E-state index in [0.717, 1.165) is 0 Å². The van der Waals surface area contributed by atoms with Gasteiger partial charge in [-0.2, -0.15) is 0 Å². The average Bonchev–Trinajstić information content (AvgIpc) is 1.83. The zero-order chi connectivity index (χ0) is 9.72. The Morgan fingerprint density at radius 3 is 1.83 bits per heavy atom. The van der Waals surface area contributed by atoms with Gasteiger partial charge in [-0.3, -0.25) is 14.4 Å². The van der Waals surface area contributed by atoms with Gasteiger partial charge in [0.15, 0.2) is 11.6 Å². The van der Waals surface area contributed by atoms with Crippen molar-refractivity contribution in [1.29, 1.82) is 0 Å². The van der Waals surface area contributed by atoms with Gasteiger partial charge in [0, 0.05) is 12.0 Å². The van der Waals surface area contributed by atoms with E-state index in [-0.39, 0.29) is 29.3 Å². The Balaban J connectivity index is 4.55. The minimum absolute atomic E-state index is 0.0505. The van der Waals surface area contributed by atoms with Gasteiger partial charge in [-0.1, -0.05) is 0 Å². The van der Waals surface area contributed by atoms with Crippen LogP contribution in [0.2, 0.25) is 0 Å². The van der Waals surface area contributed by atoms with Gasteiger partial charge >= 0.3 is 0 Å². The van der Waals surface area contributed by atoms with Crippen LogP contribution in [0.3, 0.4) is 0 Å². The second-order valence-electron chi connectivity index (χ2n) is 2.72. The molecule has 0 fully saturated rings. The lowest BCUT2D eigenvalue weighted by molar-refractivity contribution is -0.119. The van der Waals surface area contributed by atoms with Crippen molar-refractivity contribution in [2.24, 2.45) is 0 Å². The fourth-order valence-electron chi connectivity index (χ4n) is 0.791. The second kappa shape index (κ2) is 4.59. The maximum Gasteiger partial charge on any atom is 0.156 e. The van der Waals surface area contributed by atoms with Crippen LogP contribution < -0.4 is 0 Å². The molecule has 0 unspecified atom stereocenters. The van der Waals surface area contributed by atoms with Crippen molar-refractivity contribution in [3.8, 4) is 0 Å². The first-order valence-corrected chi connectivity index (χ1v) is 3.65. The van der Waals surface area contributed by atoms with E-state index in [4.69, 9.17) is 0 Å². The number of carbonyl (C=O) groups is 3. The molecule has 0 aromatic heterocycles. The summed E-state index contributed by atoms with van der Waals surface area (Å²) >= 11 is 0. The van der Waals surface area contributed by atoms with Crippen molar-refractivity contribution in [3.05, 3.63) is 11.6 Å². The number of carbonyl (C=O) groups excluding carboxylic acids is 3. The van der Waals surface area contributed by atoms with E-state index in [2.05, 4.69) is 0 Å². The van der Waals surface area contributed by atoms with E-state index >= 15 is 0 Å². The number of ketones is 3. The Labute approximate surface area is 71.5 Å². The third-order valence-electron chi connectivity index (χ3n) is 1.27. The molecule has 0 N–H and O–H groups in total. The van der Waals surface area contributed by atoms with Crippen LogP contribution in [0, 0.1) is 0 Å². The van der Waals surface area contributed by atoms with Crippen molar-refractivity contribution in [2.75, 3.05) is 0 Å². The lowest BCUT2D eigenvalue weighted by atomic mass is 10.1. The summed E-state index contributed by atoms with van der Waals surface area (Å²) in [6, 6.07) is 0. The molecular formula is C9H12O3. The molecule has 0 saturated heterocycles. The molecule has 0 aromatic rings. The standard InChI is InChI=1S/C9H12O3/c1-6(10)4-9(8(3)12)5-7(2)11/h4H,5H2,1-3H3/b9-4+. The van der Waals surface area contributed by atoms with Gasteiger partial charge in [0.1, 0.15) is 5.78 Å². The Hall–Kier alpha value is -1.25. The lowest BCUT2D eigenvalue weighted by Crippen LogP contribution is -2.04. The molecule has 66 valence electrons. The second-order valence-corrected chi connectivity index (χ2v) is 2.72. The maximum atomic E-state index is 10.8. The fourth-order valence-corrected chi connectivity index (χ4v) is 0.791. The smallest absolute Gasteiger partial charge is 0.156 e. The van der Waals surface area contributed by atoms with Gasteiger partial charge < -0.3 is 0 Å². The predicted molar refractivity (Wildman–Crippen MR) is 44.7 cm³/mol. The third kappa shape index (κ3) is 4.55. The van der Waals surface area contributed by atoms with Gasteiger partial charge in [0.05, 0.1) is 0 Å². The Morgan fingerprint density at radius 2 is 1.58 bits per heavy atom. The highest BCUT2D eigenvalue weighted by molar-refractivity contribution is 6.04. The molecule has 0 radical (unpaired) electrons. The minimum atomic E-state index is -0.222. The number of Topliss-reactive ketones (excluding diaryl/α,β-unsaturated/α-hetero) is 2. The van der Waals surface area contributed by atoms with E-state index < -0.39 is 0 Å². The van der Waals surface area contributed by atoms with E-state index in [1.54, 1.807) is 0 Å². The minimum Gasteiger partial charge on any atom is -0.300 e. The average molecular weight is 168 g/mol. The van der Waals surface area contributed by atoms with Crippen molar-refractivity contribution >= 4 is 17.3 Å². The highest BCUT2D eigenvalue weighted by atomic mass is 16.1. The summed E-state index contributed by atoms with van der Waals surface area (Å²) in [6.07, 6.45) is 1.26. The number of allylic oxidation sites excluding steroid dienone is 2. The van der Waals surface area contributed by atoms with E-state index in [1.807, 2.05) is 0 Å². The molecule has 3 heteroatoms. The lowest BCUT2D eigenvalue weighted by Gasteiger charge is -1.97. The normalized spacial score (nSPS) is 11.1. The van der Waals surface area contributed by atoms with Gasteiger partial charge in [-0.05, 0) is 26.8 Å². The van der Waals surface area contributed by atoms with Crippen LogP contribution in [0.4, 0.5) is 0 Å². The van der Waals surface area contributed by atoms with Crippen LogP contribution in [0.25, 0.3) is 0 Å². The predicted octanol–water partition coefficient (Wildman–Crippen LogP) is 1.07. The van der Waals surface area contributed by atoms with Crippen molar-refractivity contribution in [2.45, 2.75) is 27.2 Å². The summed E-state index contributed by atoms with van der Waals surface area (Å²) in [6.45, 7) is 4.08. The topological polar surface area (TPSA) is 51.2 Å². The molecule has 0 spiro atoms.